The Kier molecular flexibility index (Phi) is 4.00. The second-order valence-electron chi connectivity index (χ2n) is 7.36. The first-order chi connectivity index (χ1) is 8.37. The maximum absolute atomic E-state index is 12.6. The number of hydrogen-bond donors (Lipinski definition) is 1. The molecule has 3 nitrogen and oxygen atoms in total. The number of likely N-dealkylation sites (tertiary alicyclic amines) is 1. The quantitative estimate of drug-likeness (QED) is 0.821. The predicted molar refractivity (Wildman–Crippen MR) is 74.1 cm³/mol. The van der Waals surface area contributed by atoms with Crippen molar-refractivity contribution in [1.82, 2.24) is 4.90 Å². The molecule has 2 aliphatic rings. The highest BCUT2D eigenvalue weighted by Crippen LogP contribution is 2.33. The van der Waals surface area contributed by atoms with Gasteiger partial charge in [-0.3, -0.25) is 4.79 Å². The van der Waals surface area contributed by atoms with E-state index >= 15 is 0 Å². The molecule has 3 atom stereocenters. The van der Waals surface area contributed by atoms with Crippen molar-refractivity contribution in [2.45, 2.75) is 71.4 Å². The van der Waals surface area contributed by atoms with Crippen LogP contribution in [0, 0.1) is 11.3 Å². The standard InChI is InChI=1S/C15H28N2O/c1-15(2,3)10-13-5-4-8-17(13)14(18)11-6-7-12(16)9-11/h11-13H,4-10,16H2,1-3H3/t11-,12-,13-/m0/s1. The van der Waals surface area contributed by atoms with Crippen LogP contribution in [0.5, 0.6) is 0 Å². The van der Waals surface area contributed by atoms with E-state index in [-0.39, 0.29) is 12.0 Å². The van der Waals surface area contributed by atoms with Gasteiger partial charge in [0.2, 0.25) is 5.91 Å². The van der Waals surface area contributed by atoms with Gasteiger partial charge in [0.1, 0.15) is 0 Å². The Morgan fingerprint density at radius 2 is 2.00 bits per heavy atom. The molecule has 2 rings (SSSR count). The first-order valence-electron chi connectivity index (χ1n) is 7.43. The molecule has 0 aromatic carbocycles. The van der Waals surface area contributed by atoms with Crippen LogP contribution >= 0.6 is 0 Å². The summed E-state index contributed by atoms with van der Waals surface area (Å²) >= 11 is 0. The van der Waals surface area contributed by atoms with E-state index in [0.29, 0.717) is 17.4 Å². The van der Waals surface area contributed by atoms with Crippen LogP contribution in [0.15, 0.2) is 0 Å². The minimum atomic E-state index is 0.209. The van der Waals surface area contributed by atoms with E-state index < -0.39 is 0 Å². The van der Waals surface area contributed by atoms with E-state index in [9.17, 15) is 4.79 Å². The van der Waals surface area contributed by atoms with Crippen LogP contribution in [-0.2, 0) is 4.79 Å². The van der Waals surface area contributed by atoms with Crippen molar-refractivity contribution in [3.8, 4) is 0 Å². The number of hydrogen-bond acceptors (Lipinski definition) is 2. The number of rotatable bonds is 2. The molecule has 0 aromatic heterocycles. The summed E-state index contributed by atoms with van der Waals surface area (Å²) in [5.74, 6) is 0.593. The van der Waals surface area contributed by atoms with E-state index in [1.54, 1.807) is 0 Å². The Hall–Kier alpha value is -0.570. The van der Waals surface area contributed by atoms with E-state index in [1.807, 2.05) is 0 Å². The highest BCUT2D eigenvalue weighted by Gasteiger charge is 2.37. The molecular weight excluding hydrogens is 224 g/mol. The van der Waals surface area contributed by atoms with Crippen LogP contribution in [0.2, 0.25) is 0 Å². The maximum atomic E-state index is 12.6. The third-order valence-electron chi connectivity index (χ3n) is 4.33. The lowest BCUT2D eigenvalue weighted by Gasteiger charge is -2.32. The number of amides is 1. The number of nitrogens with zero attached hydrogens (tertiary/aromatic N) is 1. The SMILES string of the molecule is CC(C)(C)C[C@@H]1CCCN1C(=O)[C@H]1CC[C@H](N)C1. The van der Waals surface area contributed by atoms with Crippen LogP contribution < -0.4 is 5.73 Å². The Balaban J connectivity index is 1.96. The molecule has 1 saturated carbocycles. The summed E-state index contributed by atoms with van der Waals surface area (Å²) in [6.45, 7) is 7.75. The van der Waals surface area contributed by atoms with Crippen LogP contribution in [0.1, 0.15) is 59.3 Å². The Labute approximate surface area is 111 Å². The fraction of sp³-hybridized carbons (Fsp3) is 0.933. The summed E-state index contributed by atoms with van der Waals surface area (Å²) in [5, 5.41) is 0. The molecule has 0 spiro atoms. The molecule has 3 heteroatoms. The van der Waals surface area contributed by atoms with Gasteiger partial charge in [-0.1, -0.05) is 20.8 Å². The van der Waals surface area contributed by atoms with Gasteiger partial charge in [0, 0.05) is 24.5 Å². The maximum Gasteiger partial charge on any atom is 0.225 e. The lowest BCUT2D eigenvalue weighted by Crippen LogP contribution is -2.41. The fourth-order valence-electron chi connectivity index (χ4n) is 3.52. The van der Waals surface area contributed by atoms with Crippen molar-refractivity contribution < 1.29 is 4.79 Å². The smallest absolute Gasteiger partial charge is 0.225 e. The lowest BCUT2D eigenvalue weighted by molar-refractivity contribution is -0.136. The molecule has 104 valence electrons. The van der Waals surface area contributed by atoms with Crippen molar-refractivity contribution in [3.05, 3.63) is 0 Å². The monoisotopic (exact) mass is 252 g/mol. The summed E-state index contributed by atoms with van der Waals surface area (Å²) in [7, 11) is 0. The highest BCUT2D eigenvalue weighted by molar-refractivity contribution is 5.79. The average Bonchev–Trinajstić information content (AvgIpc) is 2.84. The van der Waals surface area contributed by atoms with E-state index in [4.69, 9.17) is 5.73 Å². The van der Waals surface area contributed by atoms with E-state index in [0.717, 1.165) is 32.2 Å². The summed E-state index contributed by atoms with van der Waals surface area (Å²) in [6, 6.07) is 0.719. The first-order valence-corrected chi connectivity index (χ1v) is 7.43. The number of carbonyl (C=O) groups excluding carboxylic acids is 1. The van der Waals surface area contributed by atoms with Gasteiger partial charge in [0.15, 0.2) is 0 Å². The molecule has 1 aliphatic carbocycles. The molecule has 0 bridgehead atoms. The molecular formula is C15H28N2O. The van der Waals surface area contributed by atoms with Gasteiger partial charge >= 0.3 is 0 Å². The van der Waals surface area contributed by atoms with Gasteiger partial charge in [0.25, 0.3) is 0 Å². The van der Waals surface area contributed by atoms with Gasteiger partial charge in [-0.2, -0.15) is 0 Å². The predicted octanol–water partition coefficient (Wildman–Crippen LogP) is 2.54. The zero-order chi connectivity index (χ0) is 13.3. The summed E-state index contributed by atoms with van der Waals surface area (Å²) in [5.41, 5.74) is 6.23. The molecule has 1 aliphatic heterocycles. The third kappa shape index (κ3) is 3.25. The van der Waals surface area contributed by atoms with Crippen molar-refractivity contribution in [2.24, 2.45) is 17.1 Å². The molecule has 0 aromatic rings. The summed E-state index contributed by atoms with van der Waals surface area (Å²) < 4.78 is 0. The number of nitrogens with two attached hydrogens (primary N) is 1. The molecule has 1 saturated heterocycles. The highest BCUT2D eigenvalue weighted by atomic mass is 16.2. The molecule has 2 fully saturated rings. The van der Waals surface area contributed by atoms with Crippen LogP contribution in [0.4, 0.5) is 0 Å². The first kappa shape index (κ1) is 13.9. The Morgan fingerprint density at radius 1 is 1.28 bits per heavy atom. The normalized spacial score (nSPS) is 33.1. The second kappa shape index (κ2) is 5.20. The minimum Gasteiger partial charge on any atom is -0.339 e. The van der Waals surface area contributed by atoms with Crippen LogP contribution in [0.3, 0.4) is 0 Å². The Bertz CT molecular complexity index is 308. The summed E-state index contributed by atoms with van der Waals surface area (Å²) in [6.07, 6.45) is 6.40. The lowest BCUT2D eigenvalue weighted by atomic mass is 9.87. The number of carbonyl (C=O) groups is 1. The van der Waals surface area contributed by atoms with E-state index in [2.05, 4.69) is 25.7 Å². The summed E-state index contributed by atoms with van der Waals surface area (Å²) in [4.78, 5) is 14.7. The molecule has 0 radical (unpaired) electrons. The zero-order valence-electron chi connectivity index (χ0n) is 12.1. The van der Waals surface area contributed by atoms with E-state index in [1.165, 1.54) is 12.8 Å². The topological polar surface area (TPSA) is 46.3 Å². The third-order valence-corrected chi connectivity index (χ3v) is 4.33. The molecule has 0 unspecified atom stereocenters. The van der Waals surface area contributed by atoms with Crippen LogP contribution in [-0.4, -0.2) is 29.4 Å². The van der Waals surface area contributed by atoms with Crippen molar-refractivity contribution in [2.75, 3.05) is 6.54 Å². The van der Waals surface area contributed by atoms with Gasteiger partial charge in [-0.25, -0.2) is 0 Å². The zero-order valence-corrected chi connectivity index (χ0v) is 12.1. The van der Waals surface area contributed by atoms with Crippen molar-refractivity contribution >= 4 is 5.91 Å². The molecule has 18 heavy (non-hydrogen) atoms. The van der Waals surface area contributed by atoms with Gasteiger partial charge in [-0.05, 0) is 43.9 Å². The van der Waals surface area contributed by atoms with Crippen molar-refractivity contribution in [3.63, 3.8) is 0 Å². The average molecular weight is 252 g/mol. The second-order valence-corrected chi connectivity index (χ2v) is 7.36. The Morgan fingerprint density at radius 3 is 2.56 bits per heavy atom. The molecule has 1 amide bonds. The molecule has 1 heterocycles. The van der Waals surface area contributed by atoms with Crippen molar-refractivity contribution in [1.29, 1.82) is 0 Å². The van der Waals surface area contributed by atoms with Gasteiger partial charge < -0.3 is 10.6 Å². The van der Waals surface area contributed by atoms with Crippen LogP contribution in [0.25, 0.3) is 0 Å². The van der Waals surface area contributed by atoms with Gasteiger partial charge in [0.05, 0.1) is 0 Å². The van der Waals surface area contributed by atoms with Gasteiger partial charge in [-0.15, -0.1) is 0 Å². The minimum absolute atomic E-state index is 0.209. The largest absolute Gasteiger partial charge is 0.339 e. The molecule has 2 N–H and O–H groups in total. The fourth-order valence-corrected chi connectivity index (χ4v) is 3.52.